The topological polar surface area (TPSA) is 114 Å². The van der Waals surface area contributed by atoms with Crippen LogP contribution >= 0.6 is 0 Å². The van der Waals surface area contributed by atoms with Crippen LogP contribution in [0.5, 0.6) is 46.0 Å². The summed E-state index contributed by atoms with van der Waals surface area (Å²) in [5.74, 6) is 9.56. The Balaban J connectivity index is 0.878. The summed E-state index contributed by atoms with van der Waals surface area (Å²) in [7, 11) is 0. The SMILES string of the molecule is OCCC12C[C@H]3C[C@@H](C1)CC(c1cc4c5c(c1)Cc1cccc6c1OCCOc1c7cccc1Cc1cccc8c1OCCOc1c(cc(C9%10C[C@@H]%11C[C@@H](CC(CCO)(C%11)C9)C%10)cc1C6)Cc1cccc(c1OCCOc1c(cccc1C8)Cc1cccc(c1OCCO5)C7)C4)(C3)C2. The van der Waals surface area contributed by atoms with Gasteiger partial charge in [-0.05, 0) is 235 Å². The molecule has 14 aliphatic rings. The van der Waals surface area contributed by atoms with Crippen LogP contribution in [0.15, 0.2) is 133 Å². The van der Waals surface area contributed by atoms with Gasteiger partial charge in [-0.25, -0.2) is 0 Å². The average molecular weight is 1310 g/mol. The van der Waals surface area contributed by atoms with Crippen LogP contribution in [0, 0.1) is 34.5 Å². The largest absolute Gasteiger partial charge is 0.489 e. The highest BCUT2D eigenvalue weighted by Crippen LogP contribution is 2.69. The highest BCUT2D eigenvalue weighted by atomic mass is 16.5. The summed E-state index contributed by atoms with van der Waals surface area (Å²) in [5, 5.41) is 21.6. The highest BCUT2D eigenvalue weighted by molar-refractivity contribution is 5.61. The van der Waals surface area contributed by atoms with Crippen LogP contribution < -0.4 is 37.9 Å². The summed E-state index contributed by atoms with van der Waals surface area (Å²) in [4.78, 5) is 0. The molecule has 4 unspecified atom stereocenters. The molecule has 0 spiro atoms. The van der Waals surface area contributed by atoms with E-state index in [0.29, 0.717) is 128 Å². The minimum absolute atomic E-state index is 0.0327. The second kappa shape index (κ2) is 24.5. The molecule has 4 aliphatic heterocycles. The van der Waals surface area contributed by atoms with Gasteiger partial charge in [0.2, 0.25) is 0 Å². The molecule has 10 heteroatoms. The maximum absolute atomic E-state index is 10.8. The molecular weight excluding hydrogens is 1220 g/mol. The van der Waals surface area contributed by atoms with Crippen molar-refractivity contribution in [1.82, 2.24) is 0 Å². The number of fused-ring (bicyclic) bond motifs is 12. The number of rotatable bonds is 6. The fourth-order valence-corrected chi connectivity index (χ4v) is 23.1. The monoisotopic (exact) mass is 1310 g/mol. The van der Waals surface area contributed by atoms with E-state index in [-0.39, 0.29) is 34.9 Å². The predicted octanol–water partition coefficient (Wildman–Crippen LogP) is 16.3. The lowest BCUT2D eigenvalue weighted by Crippen LogP contribution is -2.54. The summed E-state index contributed by atoms with van der Waals surface area (Å²) in [6.45, 7) is 2.97. The zero-order chi connectivity index (χ0) is 65.2. The lowest BCUT2D eigenvalue weighted by molar-refractivity contribution is -0.0819. The number of hydrogen-bond acceptors (Lipinski definition) is 10. The van der Waals surface area contributed by atoms with E-state index in [1.807, 2.05) is 0 Å². The molecule has 4 heterocycles. The molecule has 10 nitrogen and oxygen atoms in total. The number of para-hydroxylation sites is 6. The first kappa shape index (κ1) is 61.2. The lowest BCUT2D eigenvalue weighted by atomic mass is 9.42. The molecule has 22 rings (SSSR count). The third-order valence-electron chi connectivity index (χ3n) is 25.8. The number of ether oxygens (including phenoxy) is 8. The van der Waals surface area contributed by atoms with Crippen molar-refractivity contribution in [2.45, 2.75) is 152 Å². The van der Waals surface area contributed by atoms with Gasteiger partial charge in [-0.3, -0.25) is 0 Å². The standard InChI is InChI=1S/C88H92O10/c89-21-19-85-45-55-31-56(46-85)50-87(49-55,53-85)75-41-71-37-67-15-5-16-68-38-72-42-76(88-51-57-32-58(52-88)48-86(47-57,54-88)20-22-90)44-74-40-70-18-6-17-69-39-73(43-75)83(71)97-29-27-93-79-63-11-3-13-65(79)35-61-9-2-10-62(78(61)92-24-26-96-82(69)70)36-66-14-4-12-64(80(66)94-28-30-98-84(72)74)34-60-8-1-7-59(33-63)77(60)91-23-25-95-81(67)68/h1-18,41-44,55-58,89-90H,19-40,45-54H2/t55-,56+,57-,58+,85?,86?,87?,88?. The minimum Gasteiger partial charge on any atom is -0.489 e. The fraction of sp³-hybridized carbons (Fsp3) is 0.455. The smallest absolute Gasteiger partial charge is 0.126 e. The third kappa shape index (κ3) is 10.9. The summed E-state index contributed by atoms with van der Waals surface area (Å²) in [6.07, 6.45) is 20.6. The zero-order valence-corrected chi connectivity index (χ0v) is 56.8. The van der Waals surface area contributed by atoms with Crippen LogP contribution in [0.25, 0.3) is 0 Å². The molecule has 10 aliphatic carbocycles. The maximum atomic E-state index is 10.8. The molecule has 0 radical (unpaired) electrons. The average Bonchev–Trinajstić information content (AvgIpc) is 0.716. The van der Waals surface area contributed by atoms with Gasteiger partial charge in [-0.1, -0.05) is 133 Å². The molecule has 8 fully saturated rings. The molecule has 8 atom stereocenters. The molecule has 32 bridgehead atoms. The molecule has 504 valence electrons. The Morgan fingerprint density at radius 1 is 0.265 bits per heavy atom. The van der Waals surface area contributed by atoms with E-state index >= 15 is 0 Å². The molecule has 0 saturated heterocycles. The van der Waals surface area contributed by atoms with Gasteiger partial charge in [0.25, 0.3) is 0 Å². The van der Waals surface area contributed by atoms with Gasteiger partial charge in [-0.15, -0.1) is 0 Å². The Bertz CT molecular complexity index is 3960. The lowest BCUT2D eigenvalue weighted by Gasteiger charge is -2.62. The van der Waals surface area contributed by atoms with Gasteiger partial charge < -0.3 is 48.1 Å². The Morgan fingerprint density at radius 3 is 0.663 bits per heavy atom. The van der Waals surface area contributed by atoms with Gasteiger partial charge in [-0.2, -0.15) is 0 Å². The van der Waals surface area contributed by atoms with Crippen LogP contribution in [0.2, 0.25) is 0 Å². The molecular formula is C88H92O10. The van der Waals surface area contributed by atoms with E-state index in [0.717, 1.165) is 161 Å². The van der Waals surface area contributed by atoms with Crippen molar-refractivity contribution in [3.8, 4) is 46.0 Å². The van der Waals surface area contributed by atoms with E-state index in [1.165, 1.54) is 75.3 Å². The fourth-order valence-electron chi connectivity index (χ4n) is 23.1. The zero-order valence-electron chi connectivity index (χ0n) is 56.8. The summed E-state index contributed by atoms with van der Waals surface area (Å²) >= 11 is 0. The second-order valence-corrected chi connectivity index (χ2v) is 32.3. The summed E-state index contributed by atoms with van der Waals surface area (Å²) in [6, 6.07) is 50.5. The molecule has 8 aromatic carbocycles. The van der Waals surface area contributed by atoms with Crippen LogP contribution in [0.3, 0.4) is 0 Å². The predicted molar refractivity (Wildman–Crippen MR) is 379 cm³/mol. The first-order valence-electron chi connectivity index (χ1n) is 37.4. The van der Waals surface area contributed by atoms with Gasteiger partial charge >= 0.3 is 0 Å². The first-order chi connectivity index (χ1) is 48.1. The molecule has 0 amide bonds. The number of aliphatic hydroxyl groups excluding tert-OH is 2. The Morgan fingerprint density at radius 2 is 0.459 bits per heavy atom. The third-order valence-corrected chi connectivity index (χ3v) is 25.8. The van der Waals surface area contributed by atoms with Crippen molar-refractivity contribution < 1.29 is 48.1 Å². The normalized spacial score (nSPS) is 27.5. The first-order valence-corrected chi connectivity index (χ1v) is 37.4. The number of hydrogen-bond donors (Lipinski definition) is 2. The maximum Gasteiger partial charge on any atom is 0.126 e. The summed E-state index contributed by atoms with van der Waals surface area (Å²) in [5.41, 5.74) is 20.6. The van der Waals surface area contributed by atoms with Crippen molar-refractivity contribution in [3.63, 3.8) is 0 Å². The van der Waals surface area contributed by atoms with E-state index in [1.54, 1.807) is 0 Å². The Kier molecular flexibility index (Phi) is 15.3. The highest BCUT2D eigenvalue weighted by Gasteiger charge is 2.59. The minimum atomic E-state index is -0.0327. The van der Waals surface area contributed by atoms with E-state index in [2.05, 4.69) is 133 Å². The molecule has 8 saturated carbocycles. The van der Waals surface area contributed by atoms with E-state index < -0.39 is 0 Å². The van der Waals surface area contributed by atoms with Crippen molar-refractivity contribution >= 4 is 0 Å². The quantitative estimate of drug-likeness (QED) is 0.167. The van der Waals surface area contributed by atoms with Gasteiger partial charge in [0.05, 0.1) is 0 Å². The van der Waals surface area contributed by atoms with Crippen molar-refractivity contribution in [3.05, 3.63) is 234 Å². The molecule has 8 aromatic rings. The second-order valence-electron chi connectivity index (χ2n) is 32.3. The van der Waals surface area contributed by atoms with Crippen LogP contribution in [-0.2, 0) is 62.2 Å². The van der Waals surface area contributed by atoms with Crippen LogP contribution in [-0.4, -0.2) is 76.3 Å². The van der Waals surface area contributed by atoms with Crippen LogP contribution in [0.4, 0.5) is 0 Å². The van der Waals surface area contributed by atoms with Crippen LogP contribution in [0.1, 0.15) is 190 Å². The van der Waals surface area contributed by atoms with E-state index in [4.69, 9.17) is 37.9 Å². The number of aliphatic hydroxyl groups is 2. The summed E-state index contributed by atoms with van der Waals surface area (Å²) < 4.78 is 59.8. The van der Waals surface area contributed by atoms with Crippen molar-refractivity contribution in [2.75, 3.05) is 66.1 Å². The molecule has 2 N–H and O–H groups in total. The van der Waals surface area contributed by atoms with Crippen molar-refractivity contribution in [1.29, 1.82) is 0 Å². The van der Waals surface area contributed by atoms with Gasteiger partial charge in [0.1, 0.15) is 98.9 Å². The van der Waals surface area contributed by atoms with Crippen molar-refractivity contribution in [2.24, 2.45) is 34.5 Å². The Labute approximate surface area is 577 Å². The van der Waals surface area contributed by atoms with Gasteiger partial charge in [0, 0.05) is 64.6 Å². The number of benzene rings is 8. The van der Waals surface area contributed by atoms with E-state index in [9.17, 15) is 10.2 Å². The molecule has 98 heavy (non-hydrogen) atoms. The Hall–Kier alpha value is -7.92. The molecule has 0 aromatic heterocycles. The van der Waals surface area contributed by atoms with Gasteiger partial charge in [0.15, 0.2) is 0 Å².